The summed E-state index contributed by atoms with van der Waals surface area (Å²) in [5.74, 6) is 1.72. The fourth-order valence-electron chi connectivity index (χ4n) is 10.6. The smallest absolute Gasteiger partial charge is 0.399 e. The maximum absolute atomic E-state index is 13.6. The van der Waals surface area contributed by atoms with E-state index in [1.807, 2.05) is 103 Å². The van der Waals surface area contributed by atoms with Crippen LogP contribution in [0.25, 0.3) is 33.8 Å². The van der Waals surface area contributed by atoms with Gasteiger partial charge in [-0.05, 0) is 129 Å². The van der Waals surface area contributed by atoms with Crippen LogP contribution in [0.15, 0.2) is 97.8 Å². The maximum atomic E-state index is 13.6. The summed E-state index contributed by atoms with van der Waals surface area (Å²) in [5.41, 5.74) is 11.2. The Morgan fingerprint density at radius 1 is 0.600 bits per heavy atom. The number of urea groups is 2. The first-order valence-corrected chi connectivity index (χ1v) is 26.9. The number of nitrogens with zero attached hydrogens (tertiary/aromatic N) is 16. The Balaban J connectivity index is 0.000000135. The molecule has 2 atom stereocenters. The molecule has 0 spiro atoms. The molecule has 8 aromatic rings. The number of fused-ring (bicyclic) bond motifs is 8. The quantitative estimate of drug-likeness (QED) is 0.118. The van der Waals surface area contributed by atoms with E-state index in [9.17, 15) is 9.59 Å². The Morgan fingerprint density at radius 2 is 1.09 bits per heavy atom. The normalized spacial score (nSPS) is 18.0. The van der Waals surface area contributed by atoms with Gasteiger partial charge in [0.2, 0.25) is 11.9 Å². The van der Waals surface area contributed by atoms with E-state index in [1.165, 1.54) is 6.20 Å². The predicted molar refractivity (Wildman–Crippen MR) is 308 cm³/mol. The van der Waals surface area contributed by atoms with Gasteiger partial charge in [-0.1, -0.05) is 11.6 Å². The molecule has 0 radical (unpaired) electrons. The van der Waals surface area contributed by atoms with Crippen LogP contribution in [0, 0.1) is 27.7 Å². The molecule has 4 bridgehead atoms. The van der Waals surface area contributed by atoms with Crippen molar-refractivity contribution in [3.05, 3.63) is 126 Å². The fourth-order valence-corrected chi connectivity index (χ4v) is 10.8. The molecule has 0 aromatic carbocycles. The highest BCUT2D eigenvalue weighted by atomic mass is 35.5. The van der Waals surface area contributed by atoms with Gasteiger partial charge in [-0.2, -0.15) is 10.2 Å². The molecule has 0 aliphatic carbocycles. The molecule has 24 heteroatoms. The van der Waals surface area contributed by atoms with Gasteiger partial charge in [0.05, 0.1) is 63.1 Å². The van der Waals surface area contributed by atoms with Crippen molar-refractivity contribution in [2.45, 2.75) is 91.5 Å². The molecular formula is C56H62BClN18O4. The van der Waals surface area contributed by atoms with Crippen LogP contribution in [0.4, 0.5) is 44.5 Å². The van der Waals surface area contributed by atoms with Crippen molar-refractivity contribution in [2.24, 2.45) is 14.1 Å². The van der Waals surface area contributed by atoms with Crippen molar-refractivity contribution >= 4 is 71.2 Å². The van der Waals surface area contributed by atoms with Gasteiger partial charge < -0.3 is 19.1 Å². The van der Waals surface area contributed by atoms with Crippen LogP contribution in [0.5, 0.6) is 0 Å². The van der Waals surface area contributed by atoms with Crippen molar-refractivity contribution in [2.75, 3.05) is 56.4 Å². The lowest BCUT2D eigenvalue weighted by molar-refractivity contribution is 0.00578. The first-order chi connectivity index (χ1) is 38.3. The van der Waals surface area contributed by atoms with E-state index in [1.54, 1.807) is 43.8 Å². The minimum absolute atomic E-state index is 0.0353. The molecule has 13 rings (SSSR count). The molecule has 5 aliphatic rings. The van der Waals surface area contributed by atoms with Crippen molar-refractivity contribution in [1.82, 2.24) is 59.4 Å². The minimum Gasteiger partial charge on any atom is -0.399 e. The van der Waals surface area contributed by atoms with Gasteiger partial charge in [-0.3, -0.25) is 39.8 Å². The highest BCUT2D eigenvalue weighted by Crippen LogP contribution is 2.42. The van der Waals surface area contributed by atoms with E-state index in [4.69, 9.17) is 30.9 Å². The number of carbonyl (C=O) groups is 2. The zero-order valence-electron chi connectivity index (χ0n) is 46.4. The lowest BCUT2D eigenvalue weighted by Gasteiger charge is -2.35. The number of aryl methyl sites for hydroxylation is 6. The molecule has 4 amide bonds. The molecule has 410 valence electrons. The highest BCUT2D eigenvalue weighted by Gasteiger charge is 2.52. The third-order valence-corrected chi connectivity index (χ3v) is 15.5. The summed E-state index contributed by atoms with van der Waals surface area (Å²) in [4.78, 5) is 70.1. The van der Waals surface area contributed by atoms with Crippen LogP contribution < -0.4 is 35.7 Å². The standard InChI is InChI=1S/C25H25N9O.C20H18ClN7O.C11H19BN2O2/c1-15-12-17(6-9-26-15)20-4-5-22-23(28-20)34(18-8-11-33(22)13-18)25(35)30-24-27-10-7-21(29-24)19-14-32(3)31-16(19)2;1-12-10-13(4-7-22-12)15-2-3-16-18(24-15)28(14-6-9-27(16)11-14)20(29)26-19-23-8-5-17(21)25-19;1-8-9(7-14(6)13-8)12-15-10(2,3)11(4,5)16-12/h4-7,9-10,12,14,18H,8,11,13H2,1-3H3,(H,27,29,30,35);2-5,7-8,10,14H,6,9,11H2,1H3,(H,23,25,26,29);7H,1-6H3/t18-;14-;/m00./s1. The Kier molecular flexibility index (Phi) is 14.3. The van der Waals surface area contributed by atoms with Gasteiger partial charge in [-0.25, -0.2) is 39.5 Å². The average molecular weight is 1100 g/mol. The van der Waals surface area contributed by atoms with Crippen molar-refractivity contribution in [1.29, 1.82) is 0 Å². The average Bonchev–Trinajstić information content (AvgIpc) is 4.37. The lowest BCUT2D eigenvalue weighted by atomic mass is 9.79. The molecule has 0 unspecified atom stereocenters. The number of amides is 4. The van der Waals surface area contributed by atoms with Gasteiger partial charge in [0.15, 0.2) is 11.6 Å². The highest BCUT2D eigenvalue weighted by molar-refractivity contribution is 6.62. The van der Waals surface area contributed by atoms with Crippen molar-refractivity contribution in [3.63, 3.8) is 0 Å². The lowest BCUT2D eigenvalue weighted by Crippen LogP contribution is -2.48. The zero-order valence-corrected chi connectivity index (χ0v) is 47.1. The molecule has 0 saturated carbocycles. The maximum Gasteiger partial charge on any atom is 0.498 e. The number of hydrogen-bond acceptors (Lipinski definition) is 16. The third kappa shape index (κ3) is 10.7. The van der Waals surface area contributed by atoms with E-state index in [-0.39, 0.29) is 59.5 Å². The van der Waals surface area contributed by atoms with Gasteiger partial charge >= 0.3 is 19.2 Å². The number of anilines is 6. The second kappa shape index (κ2) is 21.3. The van der Waals surface area contributed by atoms with Crippen LogP contribution in [0.1, 0.15) is 63.3 Å². The molecule has 3 saturated heterocycles. The molecule has 80 heavy (non-hydrogen) atoms. The molecule has 22 nitrogen and oxygen atoms in total. The summed E-state index contributed by atoms with van der Waals surface area (Å²) in [7, 11) is 3.47. The summed E-state index contributed by atoms with van der Waals surface area (Å²) >= 11 is 5.92. The summed E-state index contributed by atoms with van der Waals surface area (Å²) < 4.78 is 15.5. The van der Waals surface area contributed by atoms with E-state index in [0.717, 1.165) is 107 Å². The Hall–Kier alpha value is -8.41. The largest absolute Gasteiger partial charge is 0.498 e. The molecule has 2 N–H and O–H groups in total. The number of aromatic nitrogens is 12. The minimum atomic E-state index is -0.310. The fraction of sp³-hybridized carbons (Fsp3) is 0.357. The number of carbonyl (C=O) groups excluding carboxylic acids is 2. The number of halogens is 1. The first-order valence-electron chi connectivity index (χ1n) is 26.5. The van der Waals surface area contributed by atoms with Crippen molar-refractivity contribution in [3.8, 4) is 33.8 Å². The van der Waals surface area contributed by atoms with Crippen LogP contribution in [-0.2, 0) is 23.4 Å². The van der Waals surface area contributed by atoms with Crippen LogP contribution in [0.2, 0.25) is 5.15 Å². The number of pyridine rings is 4. The summed E-state index contributed by atoms with van der Waals surface area (Å²) in [6.07, 6.45) is 12.3. The van der Waals surface area contributed by atoms with Crippen LogP contribution >= 0.6 is 11.6 Å². The van der Waals surface area contributed by atoms with Crippen LogP contribution in [-0.4, -0.2) is 128 Å². The SMILES string of the molecule is Cc1cc(-c2ccc3c(n2)N(C(=O)Nc2nccc(-c4cn(C)nc4C)n2)[C@H]2CCN3C2)ccn1.Cc1cc(-c2ccc3c(n2)N(C(=O)Nc2nccc(Cl)n2)[C@H]2CCN3C2)ccn1.Cc1nn(C)cc1B1OC(C)(C)C(C)(C)O1. The molecule has 13 heterocycles. The third-order valence-electron chi connectivity index (χ3n) is 15.3. The van der Waals surface area contributed by atoms with E-state index in [0.29, 0.717) is 17.3 Å². The summed E-state index contributed by atoms with van der Waals surface area (Å²) in [6.45, 7) is 19.4. The molecular weight excluding hydrogens is 1040 g/mol. The number of hydrogen-bond donors (Lipinski definition) is 2. The Morgan fingerprint density at radius 3 is 1.56 bits per heavy atom. The van der Waals surface area contributed by atoms with Crippen molar-refractivity contribution < 1.29 is 18.9 Å². The first kappa shape index (κ1) is 53.6. The number of rotatable bonds is 6. The van der Waals surface area contributed by atoms with Gasteiger partial charge in [0.1, 0.15) is 5.15 Å². The van der Waals surface area contributed by atoms with Gasteiger partial charge in [0.25, 0.3) is 0 Å². The summed E-state index contributed by atoms with van der Waals surface area (Å²) in [6, 6.07) is 18.8. The summed E-state index contributed by atoms with van der Waals surface area (Å²) in [5, 5.41) is 14.6. The van der Waals surface area contributed by atoms with Gasteiger partial charge in [0, 0.05) is 111 Å². The van der Waals surface area contributed by atoms with Gasteiger partial charge in [-0.15, -0.1) is 0 Å². The second-order valence-corrected chi connectivity index (χ2v) is 21.9. The Labute approximate surface area is 469 Å². The number of nitrogens with one attached hydrogen (secondary N) is 2. The zero-order chi connectivity index (χ0) is 56.2. The molecule has 3 fully saturated rings. The monoisotopic (exact) mass is 1100 g/mol. The predicted octanol–water partition coefficient (Wildman–Crippen LogP) is 8.14. The van der Waals surface area contributed by atoms with E-state index < -0.39 is 0 Å². The van der Waals surface area contributed by atoms with Crippen LogP contribution in [0.3, 0.4) is 0 Å². The molecule has 5 aliphatic heterocycles. The van der Waals surface area contributed by atoms with E-state index in [2.05, 4.69) is 94.3 Å². The van der Waals surface area contributed by atoms with E-state index >= 15 is 0 Å². The second-order valence-electron chi connectivity index (χ2n) is 21.5. The topological polar surface area (TPSA) is 228 Å². The molecule has 8 aromatic heterocycles. The Bertz CT molecular complexity index is 3650.